The van der Waals surface area contributed by atoms with Crippen molar-refractivity contribution in [2.45, 2.75) is 6.04 Å². The van der Waals surface area contributed by atoms with Crippen molar-refractivity contribution in [1.82, 2.24) is 11.5 Å². The van der Waals surface area contributed by atoms with Gasteiger partial charge in [0.25, 0.3) is 0 Å². The molecule has 2 aromatic rings. The van der Waals surface area contributed by atoms with Crippen LogP contribution >= 0.6 is 0 Å². The Kier molecular flexibility index (Phi) is 4.64. The van der Waals surface area contributed by atoms with E-state index in [0.29, 0.717) is 11.1 Å². The van der Waals surface area contributed by atoms with E-state index in [1.165, 1.54) is 18.2 Å². The Morgan fingerprint density at radius 2 is 1.43 bits per heavy atom. The summed E-state index contributed by atoms with van der Waals surface area (Å²) < 4.78 is 0. The summed E-state index contributed by atoms with van der Waals surface area (Å²) in [6.07, 6.45) is 4.59. The Hall–Kier alpha value is -2.72. The fourth-order valence-corrected chi connectivity index (χ4v) is 1.80. The molecule has 0 fully saturated rings. The number of phenolic OH excluding ortho intramolecular Hbond substituents is 2. The molecule has 0 bridgehead atoms. The van der Waals surface area contributed by atoms with Crippen LogP contribution in [0.15, 0.2) is 60.3 Å². The Balaban J connectivity index is 2.15. The second kappa shape index (κ2) is 6.63. The van der Waals surface area contributed by atoms with Gasteiger partial charge in [0.2, 0.25) is 0 Å². The van der Waals surface area contributed by atoms with E-state index >= 15 is 0 Å². The van der Waals surface area contributed by atoms with E-state index in [2.05, 4.69) is 0 Å². The van der Waals surface area contributed by atoms with E-state index in [-0.39, 0.29) is 17.2 Å². The third kappa shape index (κ3) is 3.87. The Morgan fingerprint density at radius 1 is 0.905 bits per heavy atom. The molecule has 0 saturated heterocycles. The zero-order chi connectivity index (χ0) is 15.2. The first-order valence-corrected chi connectivity index (χ1v) is 6.46. The molecule has 0 saturated carbocycles. The molecule has 2 rings (SSSR count). The van der Waals surface area contributed by atoms with Gasteiger partial charge < -0.3 is 15.9 Å². The normalized spacial score (nSPS) is 13.5. The summed E-state index contributed by atoms with van der Waals surface area (Å²) in [4.78, 5) is 0. The van der Waals surface area contributed by atoms with E-state index in [4.69, 9.17) is 11.5 Å². The molecule has 0 aliphatic carbocycles. The molecular formula is C17H16N2O2. The van der Waals surface area contributed by atoms with Crippen molar-refractivity contribution in [2.75, 3.05) is 0 Å². The van der Waals surface area contributed by atoms with Gasteiger partial charge in [-0.1, -0.05) is 48.6 Å². The van der Waals surface area contributed by atoms with Crippen LogP contribution in [-0.2, 0) is 0 Å². The van der Waals surface area contributed by atoms with Gasteiger partial charge >= 0.3 is 0 Å². The second-order valence-corrected chi connectivity index (χ2v) is 4.55. The first-order valence-electron chi connectivity index (χ1n) is 6.46. The highest BCUT2D eigenvalue weighted by molar-refractivity contribution is 5.62. The zero-order valence-corrected chi connectivity index (χ0v) is 11.3. The highest BCUT2D eigenvalue weighted by Gasteiger charge is 2.05. The van der Waals surface area contributed by atoms with Crippen LogP contribution in [-0.4, -0.2) is 16.3 Å². The first-order chi connectivity index (χ1) is 10.1. The van der Waals surface area contributed by atoms with Crippen LogP contribution in [0.3, 0.4) is 0 Å². The van der Waals surface area contributed by atoms with Crippen LogP contribution in [0.25, 0.3) is 12.2 Å². The minimum atomic E-state index is -0.871. The molecule has 0 aliphatic rings. The zero-order valence-electron chi connectivity index (χ0n) is 11.3. The average Bonchev–Trinajstić information content (AvgIpc) is 2.48. The summed E-state index contributed by atoms with van der Waals surface area (Å²) in [5.41, 5.74) is 17.0. The standard InChI is InChI=1S/C17H16N2O2/c18-14(10-9-12-5-1-3-7-16(12)20)15(19)11-13-6-2-4-8-17(13)21/h1-11,14,18-21H. The van der Waals surface area contributed by atoms with Crippen LogP contribution in [0.4, 0.5) is 0 Å². The highest BCUT2D eigenvalue weighted by atomic mass is 16.3. The molecule has 21 heavy (non-hydrogen) atoms. The van der Waals surface area contributed by atoms with Crippen molar-refractivity contribution < 1.29 is 10.2 Å². The summed E-state index contributed by atoms with van der Waals surface area (Å²) >= 11 is 0. The fourth-order valence-electron chi connectivity index (χ4n) is 1.80. The van der Waals surface area contributed by atoms with Gasteiger partial charge in [0.15, 0.2) is 0 Å². The number of hydrogen-bond donors (Lipinski definition) is 2. The molecule has 106 valence electrons. The van der Waals surface area contributed by atoms with E-state index in [9.17, 15) is 10.2 Å². The SMILES string of the molecule is [NH]C(=Cc1ccccc1O)C([NH])C=Cc1ccccc1O. The minimum absolute atomic E-state index is 0.0585. The van der Waals surface area contributed by atoms with Gasteiger partial charge in [0.1, 0.15) is 11.5 Å². The molecular weight excluding hydrogens is 264 g/mol. The third-order valence-corrected chi connectivity index (χ3v) is 2.99. The topological polar surface area (TPSA) is 88.1 Å². The Labute approximate surface area is 123 Å². The van der Waals surface area contributed by atoms with Crippen LogP contribution < -0.4 is 11.5 Å². The molecule has 4 heteroatoms. The average molecular weight is 280 g/mol. The van der Waals surface area contributed by atoms with Crippen LogP contribution in [0.1, 0.15) is 11.1 Å². The van der Waals surface area contributed by atoms with Crippen LogP contribution in [0.2, 0.25) is 0 Å². The predicted molar refractivity (Wildman–Crippen MR) is 83.2 cm³/mol. The summed E-state index contributed by atoms with van der Waals surface area (Å²) in [6, 6.07) is 12.6. The number of aromatic hydroxyl groups is 2. The van der Waals surface area contributed by atoms with E-state index in [1.807, 2.05) is 0 Å². The van der Waals surface area contributed by atoms with Crippen molar-refractivity contribution in [2.24, 2.45) is 0 Å². The molecule has 0 aromatic heterocycles. The van der Waals surface area contributed by atoms with Crippen LogP contribution in [0.5, 0.6) is 11.5 Å². The molecule has 0 amide bonds. The molecule has 4 N–H and O–H groups in total. The Bertz CT molecular complexity index is 678. The Morgan fingerprint density at radius 3 is 2.00 bits per heavy atom. The molecule has 0 heterocycles. The van der Waals surface area contributed by atoms with Gasteiger partial charge in [-0.15, -0.1) is 0 Å². The van der Waals surface area contributed by atoms with Crippen molar-refractivity contribution in [3.05, 3.63) is 71.4 Å². The highest BCUT2D eigenvalue weighted by Crippen LogP contribution is 2.20. The lowest BCUT2D eigenvalue weighted by Gasteiger charge is -2.06. The van der Waals surface area contributed by atoms with Crippen molar-refractivity contribution in [1.29, 1.82) is 0 Å². The van der Waals surface area contributed by atoms with Crippen molar-refractivity contribution in [3.63, 3.8) is 0 Å². The van der Waals surface area contributed by atoms with Gasteiger partial charge in [-0.25, -0.2) is 5.73 Å². The molecule has 0 spiro atoms. The lowest BCUT2D eigenvalue weighted by Crippen LogP contribution is -2.09. The fraction of sp³-hybridized carbons (Fsp3) is 0.0588. The van der Waals surface area contributed by atoms with Crippen molar-refractivity contribution in [3.8, 4) is 11.5 Å². The predicted octanol–water partition coefficient (Wildman–Crippen LogP) is 3.09. The first kappa shape index (κ1) is 14.7. The van der Waals surface area contributed by atoms with E-state index < -0.39 is 6.04 Å². The largest absolute Gasteiger partial charge is 0.507 e. The van der Waals surface area contributed by atoms with E-state index in [1.54, 1.807) is 48.5 Å². The number of para-hydroxylation sites is 2. The molecule has 4 nitrogen and oxygen atoms in total. The molecule has 1 unspecified atom stereocenters. The molecule has 2 radical (unpaired) electrons. The number of hydrogen-bond acceptors (Lipinski definition) is 2. The number of nitrogens with one attached hydrogen (secondary N) is 2. The van der Waals surface area contributed by atoms with Gasteiger partial charge in [-0.05, 0) is 18.2 Å². The van der Waals surface area contributed by atoms with Crippen molar-refractivity contribution >= 4 is 12.2 Å². The number of benzene rings is 2. The number of phenols is 2. The van der Waals surface area contributed by atoms with Gasteiger partial charge in [0, 0.05) is 11.1 Å². The monoisotopic (exact) mass is 280 g/mol. The summed E-state index contributed by atoms with van der Waals surface area (Å²) in [5, 5.41) is 19.3. The third-order valence-electron chi connectivity index (χ3n) is 2.99. The summed E-state index contributed by atoms with van der Waals surface area (Å²) in [7, 11) is 0. The molecule has 1 atom stereocenters. The summed E-state index contributed by atoms with van der Waals surface area (Å²) in [6.45, 7) is 0. The second-order valence-electron chi connectivity index (χ2n) is 4.55. The van der Waals surface area contributed by atoms with Crippen LogP contribution in [0, 0.1) is 0 Å². The maximum absolute atomic E-state index is 9.65. The van der Waals surface area contributed by atoms with E-state index in [0.717, 1.165) is 0 Å². The summed E-state index contributed by atoms with van der Waals surface area (Å²) in [5.74, 6) is 0.219. The lowest BCUT2D eigenvalue weighted by atomic mass is 10.1. The van der Waals surface area contributed by atoms with Gasteiger partial charge in [-0.3, -0.25) is 0 Å². The quantitative estimate of drug-likeness (QED) is 0.901. The number of rotatable bonds is 4. The van der Waals surface area contributed by atoms with Gasteiger partial charge in [0.05, 0.1) is 11.7 Å². The molecule has 2 aromatic carbocycles. The maximum atomic E-state index is 9.65. The maximum Gasteiger partial charge on any atom is 0.122 e. The smallest absolute Gasteiger partial charge is 0.122 e. The minimum Gasteiger partial charge on any atom is -0.507 e. The van der Waals surface area contributed by atoms with Gasteiger partial charge in [-0.2, -0.15) is 0 Å². The lowest BCUT2D eigenvalue weighted by molar-refractivity contribution is 0.473. The molecule has 0 aliphatic heterocycles.